The number of rotatable bonds is 9. The third-order valence-electron chi connectivity index (χ3n) is 3.33. The second-order valence-corrected chi connectivity index (χ2v) is 5.32. The van der Waals surface area contributed by atoms with Gasteiger partial charge in [-0.3, -0.25) is 4.90 Å². The summed E-state index contributed by atoms with van der Waals surface area (Å²) in [6.07, 6.45) is 0. The van der Waals surface area contributed by atoms with Gasteiger partial charge in [-0.1, -0.05) is 11.6 Å². The molecule has 1 rings (SSSR count). The predicted molar refractivity (Wildman–Crippen MR) is 83.3 cm³/mol. The Morgan fingerprint density at radius 3 is 2.52 bits per heavy atom. The fraction of sp³-hybridized carbons (Fsp3) is 0.600. The van der Waals surface area contributed by atoms with E-state index in [2.05, 4.69) is 11.8 Å². The maximum absolute atomic E-state index is 10.2. The van der Waals surface area contributed by atoms with Gasteiger partial charge in [0, 0.05) is 50.0 Å². The van der Waals surface area contributed by atoms with Gasteiger partial charge in [0.15, 0.2) is 11.5 Å². The van der Waals surface area contributed by atoms with Crippen LogP contribution < -0.4 is 4.74 Å². The Morgan fingerprint density at radius 1 is 1.24 bits per heavy atom. The number of hydrogen-bond donors (Lipinski definition) is 1. The number of aromatic hydroxyl groups is 1. The molecule has 0 heterocycles. The van der Waals surface area contributed by atoms with Crippen LogP contribution in [0.1, 0.15) is 12.5 Å². The van der Waals surface area contributed by atoms with Crippen LogP contribution in [0.15, 0.2) is 12.1 Å². The minimum Gasteiger partial charge on any atom is -0.504 e. The molecule has 0 aliphatic rings. The Labute approximate surface area is 131 Å². The molecule has 21 heavy (non-hydrogen) atoms. The molecule has 0 saturated carbocycles. The molecular formula is C15H24ClNO4. The van der Waals surface area contributed by atoms with Crippen LogP contribution in [-0.2, 0) is 16.0 Å². The van der Waals surface area contributed by atoms with Crippen LogP contribution in [0.2, 0.25) is 5.02 Å². The molecule has 1 aromatic carbocycles. The molecule has 1 unspecified atom stereocenters. The van der Waals surface area contributed by atoms with Crippen molar-refractivity contribution in [2.24, 2.45) is 0 Å². The summed E-state index contributed by atoms with van der Waals surface area (Å²) < 4.78 is 15.5. The van der Waals surface area contributed by atoms with Gasteiger partial charge in [0.2, 0.25) is 0 Å². The summed E-state index contributed by atoms with van der Waals surface area (Å²) in [5, 5.41) is 10.8. The average Bonchev–Trinajstić information content (AvgIpc) is 2.46. The topological polar surface area (TPSA) is 51.2 Å². The Balaban J connectivity index is 2.94. The van der Waals surface area contributed by atoms with Gasteiger partial charge in [-0.25, -0.2) is 0 Å². The number of benzene rings is 1. The minimum absolute atomic E-state index is 0.119. The first-order chi connectivity index (χ1) is 10.0. The van der Waals surface area contributed by atoms with E-state index < -0.39 is 0 Å². The van der Waals surface area contributed by atoms with Crippen LogP contribution in [-0.4, -0.2) is 57.1 Å². The van der Waals surface area contributed by atoms with Gasteiger partial charge in [-0.15, -0.1) is 0 Å². The van der Waals surface area contributed by atoms with Crippen molar-refractivity contribution >= 4 is 11.6 Å². The molecule has 0 amide bonds. The van der Waals surface area contributed by atoms with E-state index in [0.29, 0.717) is 30.5 Å². The monoisotopic (exact) mass is 317 g/mol. The first kappa shape index (κ1) is 18.0. The summed E-state index contributed by atoms with van der Waals surface area (Å²) in [6.45, 7) is 4.54. The predicted octanol–water partition coefficient (Wildman–Crippen LogP) is 2.54. The molecule has 0 aliphatic carbocycles. The minimum atomic E-state index is 0.119. The lowest BCUT2D eigenvalue weighted by Crippen LogP contribution is -2.38. The van der Waals surface area contributed by atoms with E-state index in [4.69, 9.17) is 25.8 Å². The zero-order chi connectivity index (χ0) is 15.8. The third-order valence-corrected chi connectivity index (χ3v) is 3.54. The third kappa shape index (κ3) is 5.36. The highest BCUT2D eigenvalue weighted by Crippen LogP contribution is 2.34. The van der Waals surface area contributed by atoms with Crippen LogP contribution in [0.4, 0.5) is 0 Å². The molecule has 0 fully saturated rings. The first-order valence-corrected chi connectivity index (χ1v) is 7.18. The number of phenols is 1. The van der Waals surface area contributed by atoms with Crippen LogP contribution >= 0.6 is 11.6 Å². The van der Waals surface area contributed by atoms with Gasteiger partial charge < -0.3 is 19.3 Å². The van der Waals surface area contributed by atoms with Crippen molar-refractivity contribution in [3.8, 4) is 11.5 Å². The molecule has 0 saturated heterocycles. The Kier molecular flexibility index (Phi) is 7.82. The first-order valence-electron chi connectivity index (χ1n) is 6.80. The van der Waals surface area contributed by atoms with Crippen LogP contribution in [0.25, 0.3) is 0 Å². The summed E-state index contributed by atoms with van der Waals surface area (Å²) in [5.74, 6) is 0.498. The number of phenolic OH excluding ortho intramolecular Hbond substituents is 1. The van der Waals surface area contributed by atoms with E-state index >= 15 is 0 Å². The Hall–Kier alpha value is -1.01. The number of nitrogens with zero attached hydrogens (tertiary/aromatic N) is 1. The van der Waals surface area contributed by atoms with Gasteiger partial charge >= 0.3 is 0 Å². The largest absolute Gasteiger partial charge is 0.504 e. The number of halogens is 1. The SMILES string of the molecule is COCCN(Cc1cc(Cl)cc(OC)c1O)C(C)COC. The van der Waals surface area contributed by atoms with Crippen molar-refractivity contribution in [1.29, 1.82) is 0 Å². The summed E-state index contributed by atoms with van der Waals surface area (Å²) in [7, 11) is 4.84. The molecule has 0 aromatic heterocycles. The van der Waals surface area contributed by atoms with E-state index in [-0.39, 0.29) is 11.8 Å². The molecule has 5 nitrogen and oxygen atoms in total. The molecule has 1 atom stereocenters. The van der Waals surface area contributed by atoms with Gasteiger partial charge in [0.25, 0.3) is 0 Å². The van der Waals surface area contributed by atoms with Crippen LogP contribution in [0.5, 0.6) is 11.5 Å². The lowest BCUT2D eigenvalue weighted by atomic mass is 10.1. The number of ether oxygens (including phenoxy) is 3. The number of hydrogen-bond acceptors (Lipinski definition) is 5. The molecule has 0 aliphatic heterocycles. The highest BCUT2D eigenvalue weighted by atomic mass is 35.5. The van der Waals surface area contributed by atoms with Gasteiger partial charge in [-0.05, 0) is 13.0 Å². The zero-order valence-corrected chi connectivity index (χ0v) is 13.8. The van der Waals surface area contributed by atoms with E-state index in [9.17, 15) is 5.11 Å². The molecule has 0 bridgehead atoms. The lowest BCUT2D eigenvalue weighted by molar-refractivity contribution is 0.0700. The van der Waals surface area contributed by atoms with Gasteiger partial charge in [0.1, 0.15) is 0 Å². The highest BCUT2D eigenvalue weighted by molar-refractivity contribution is 6.30. The standard InChI is InChI=1S/C15H24ClNO4/c1-11(10-20-3)17(5-6-19-2)9-12-7-13(16)8-14(21-4)15(12)18/h7-8,11,18H,5-6,9-10H2,1-4H3. The quantitative estimate of drug-likeness (QED) is 0.758. The summed E-state index contributed by atoms with van der Waals surface area (Å²) >= 11 is 6.07. The smallest absolute Gasteiger partial charge is 0.162 e. The van der Waals surface area contributed by atoms with Crippen molar-refractivity contribution in [1.82, 2.24) is 4.90 Å². The van der Waals surface area contributed by atoms with Crippen molar-refractivity contribution in [3.05, 3.63) is 22.7 Å². The van der Waals surface area contributed by atoms with Crippen molar-refractivity contribution < 1.29 is 19.3 Å². The van der Waals surface area contributed by atoms with E-state index in [1.165, 1.54) is 7.11 Å². The van der Waals surface area contributed by atoms with Crippen molar-refractivity contribution in [2.75, 3.05) is 41.1 Å². The fourth-order valence-corrected chi connectivity index (χ4v) is 2.36. The molecule has 6 heteroatoms. The van der Waals surface area contributed by atoms with Gasteiger partial charge in [-0.2, -0.15) is 0 Å². The Bertz CT molecular complexity index is 442. The van der Waals surface area contributed by atoms with Crippen LogP contribution in [0.3, 0.4) is 0 Å². The van der Waals surface area contributed by atoms with Gasteiger partial charge in [0.05, 0.1) is 20.3 Å². The molecule has 1 aromatic rings. The van der Waals surface area contributed by atoms with E-state index in [0.717, 1.165) is 12.1 Å². The molecule has 120 valence electrons. The summed E-state index contributed by atoms with van der Waals surface area (Å²) in [4.78, 5) is 2.16. The molecular weight excluding hydrogens is 294 g/mol. The van der Waals surface area contributed by atoms with E-state index in [1.807, 2.05) is 0 Å². The van der Waals surface area contributed by atoms with Crippen molar-refractivity contribution in [3.63, 3.8) is 0 Å². The molecule has 0 spiro atoms. The normalized spacial score (nSPS) is 12.7. The van der Waals surface area contributed by atoms with E-state index in [1.54, 1.807) is 26.4 Å². The second-order valence-electron chi connectivity index (χ2n) is 4.88. The molecule has 0 radical (unpaired) electrons. The zero-order valence-electron chi connectivity index (χ0n) is 13.1. The van der Waals surface area contributed by atoms with Crippen molar-refractivity contribution in [2.45, 2.75) is 19.5 Å². The van der Waals surface area contributed by atoms with Crippen LogP contribution in [0, 0.1) is 0 Å². The summed E-state index contributed by atoms with van der Waals surface area (Å²) in [5.41, 5.74) is 0.721. The molecule has 1 N–H and O–H groups in total. The Morgan fingerprint density at radius 2 is 1.95 bits per heavy atom. The summed E-state index contributed by atoms with van der Waals surface area (Å²) in [6, 6.07) is 3.53. The average molecular weight is 318 g/mol. The lowest BCUT2D eigenvalue weighted by Gasteiger charge is -2.29. The maximum atomic E-state index is 10.2. The second kappa shape index (κ2) is 9.10. The fourth-order valence-electron chi connectivity index (χ4n) is 2.13. The number of methoxy groups -OCH3 is 3. The highest BCUT2D eigenvalue weighted by Gasteiger charge is 2.18. The maximum Gasteiger partial charge on any atom is 0.162 e.